The third-order valence-electron chi connectivity index (χ3n) is 6.32. The quantitative estimate of drug-likeness (QED) is 0.333. The van der Waals surface area contributed by atoms with E-state index in [0.717, 1.165) is 39.7 Å². The topological polar surface area (TPSA) is 75.3 Å². The van der Waals surface area contributed by atoms with Gasteiger partial charge in [0.15, 0.2) is 5.82 Å². The minimum atomic E-state index is 0.0465. The normalized spacial score (nSPS) is 12.2. The largest absolute Gasteiger partial charge is 0.507 e. The second-order valence-corrected chi connectivity index (χ2v) is 8.70. The summed E-state index contributed by atoms with van der Waals surface area (Å²) in [4.78, 5) is 11.8. The highest BCUT2D eigenvalue weighted by molar-refractivity contribution is 5.98. The van der Waals surface area contributed by atoms with E-state index >= 15 is 0 Å². The van der Waals surface area contributed by atoms with Crippen LogP contribution in [-0.4, -0.2) is 34.7 Å². The molecule has 0 radical (unpaired) electrons. The fraction of sp³-hybridized carbons (Fsp3) is 0.172. The fourth-order valence-corrected chi connectivity index (χ4v) is 4.40. The van der Waals surface area contributed by atoms with Crippen LogP contribution in [0.15, 0.2) is 84.9 Å². The van der Waals surface area contributed by atoms with Crippen LogP contribution in [0.4, 0.5) is 5.82 Å². The molecule has 0 saturated carbocycles. The molecule has 3 N–H and O–H groups in total. The number of hydrogen-bond acceptors (Lipinski definition) is 5. The zero-order chi connectivity index (χ0) is 23.7. The highest BCUT2D eigenvalue weighted by Crippen LogP contribution is 2.36. The van der Waals surface area contributed by atoms with E-state index in [0.29, 0.717) is 17.9 Å². The van der Waals surface area contributed by atoms with Gasteiger partial charge in [0.2, 0.25) is 0 Å². The van der Waals surface area contributed by atoms with Crippen LogP contribution in [0.1, 0.15) is 13.3 Å². The Morgan fingerprint density at radius 3 is 2.41 bits per heavy atom. The molecule has 0 fully saturated rings. The predicted molar refractivity (Wildman–Crippen MR) is 141 cm³/mol. The second kappa shape index (κ2) is 9.12. The number of para-hydroxylation sites is 1. The van der Waals surface area contributed by atoms with E-state index in [1.165, 1.54) is 5.39 Å². The lowest BCUT2D eigenvalue weighted by molar-refractivity contribution is 0.477. The number of nitrogens with two attached hydrogens (primary N) is 1. The van der Waals surface area contributed by atoms with Crippen LogP contribution >= 0.6 is 0 Å². The molecule has 170 valence electrons. The van der Waals surface area contributed by atoms with Gasteiger partial charge in [-0.1, -0.05) is 67.6 Å². The Labute approximate surface area is 199 Å². The van der Waals surface area contributed by atoms with Crippen LogP contribution in [0, 0.1) is 0 Å². The fourth-order valence-electron chi connectivity index (χ4n) is 4.40. The lowest BCUT2D eigenvalue weighted by Crippen LogP contribution is -2.35. The number of fused-ring (bicyclic) bond motifs is 2. The van der Waals surface area contributed by atoms with Gasteiger partial charge in [0, 0.05) is 25.0 Å². The van der Waals surface area contributed by atoms with Crippen LogP contribution in [0.5, 0.6) is 5.75 Å². The van der Waals surface area contributed by atoms with Crippen molar-refractivity contribution in [3.8, 4) is 28.3 Å². The molecule has 0 aliphatic heterocycles. The number of hydrogen-bond donors (Lipinski definition) is 2. The van der Waals surface area contributed by atoms with Crippen molar-refractivity contribution in [1.82, 2.24) is 9.97 Å². The van der Waals surface area contributed by atoms with Crippen molar-refractivity contribution < 1.29 is 5.11 Å². The molecule has 5 nitrogen and oxygen atoms in total. The number of aromatic nitrogens is 2. The summed E-state index contributed by atoms with van der Waals surface area (Å²) in [5.74, 6) is 1.45. The second-order valence-electron chi connectivity index (χ2n) is 8.70. The lowest BCUT2D eigenvalue weighted by Gasteiger charge is -2.23. The molecule has 0 amide bonds. The number of phenols is 1. The number of nitrogens with zero attached hydrogens (tertiary/aromatic N) is 3. The van der Waals surface area contributed by atoms with Crippen LogP contribution in [-0.2, 0) is 0 Å². The van der Waals surface area contributed by atoms with Crippen molar-refractivity contribution in [2.75, 3.05) is 18.5 Å². The Bertz CT molecular complexity index is 1480. The van der Waals surface area contributed by atoms with Crippen molar-refractivity contribution in [2.24, 2.45) is 5.73 Å². The summed E-state index contributed by atoms with van der Waals surface area (Å²) >= 11 is 0. The summed E-state index contributed by atoms with van der Waals surface area (Å²) in [6, 6.07) is 28.2. The van der Waals surface area contributed by atoms with Crippen LogP contribution < -0.4 is 10.6 Å². The molecule has 1 atom stereocenters. The molecule has 0 spiro atoms. The van der Waals surface area contributed by atoms with Crippen LogP contribution in [0.25, 0.3) is 44.2 Å². The minimum Gasteiger partial charge on any atom is -0.507 e. The molecule has 5 aromatic rings. The third kappa shape index (κ3) is 4.06. The van der Waals surface area contributed by atoms with E-state index in [4.69, 9.17) is 15.7 Å². The minimum absolute atomic E-state index is 0.0465. The van der Waals surface area contributed by atoms with E-state index in [2.05, 4.69) is 42.2 Å². The van der Waals surface area contributed by atoms with E-state index < -0.39 is 0 Å². The van der Waals surface area contributed by atoms with Gasteiger partial charge in [0.1, 0.15) is 11.6 Å². The zero-order valence-corrected chi connectivity index (χ0v) is 19.4. The Morgan fingerprint density at radius 2 is 1.59 bits per heavy atom. The van der Waals surface area contributed by atoms with E-state index in [-0.39, 0.29) is 11.8 Å². The maximum atomic E-state index is 10.8. The summed E-state index contributed by atoms with van der Waals surface area (Å²) in [6.45, 7) is 2.76. The Hall–Kier alpha value is -3.96. The van der Waals surface area contributed by atoms with Crippen molar-refractivity contribution in [2.45, 2.75) is 19.4 Å². The van der Waals surface area contributed by atoms with Gasteiger partial charge in [-0.2, -0.15) is 0 Å². The van der Waals surface area contributed by atoms with Gasteiger partial charge < -0.3 is 15.7 Å². The number of anilines is 1. The molecule has 4 aromatic carbocycles. The molecular weight excluding hydrogens is 420 g/mol. The van der Waals surface area contributed by atoms with Crippen LogP contribution in [0.3, 0.4) is 0 Å². The van der Waals surface area contributed by atoms with Crippen molar-refractivity contribution in [3.05, 3.63) is 84.9 Å². The first kappa shape index (κ1) is 21.9. The maximum absolute atomic E-state index is 10.8. The van der Waals surface area contributed by atoms with Gasteiger partial charge in [-0.05, 0) is 52.6 Å². The Kier molecular flexibility index (Phi) is 5.86. The summed E-state index contributed by atoms with van der Waals surface area (Å²) < 4.78 is 0. The van der Waals surface area contributed by atoms with Gasteiger partial charge in [0.05, 0.1) is 11.1 Å². The first-order chi connectivity index (χ1) is 16.5. The number of aromatic hydroxyl groups is 1. The molecule has 5 heteroatoms. The number of rotatable bonds is 6. The number of likely N-dealkylation sites (N-methyl/N-ethyl adjacent to an activating group) is 1. The molecular formula is C29H28N4O. The molecule has 34 heavy (non-hydrogen) atoms. The van der Waals surface area contributed by atoms with Gasteiger partial charge >= 0.3 is 0 Å². The molecule has 0 saturated heterocycles. The average molecular weight is 449 g/mol. The molecule has 0 unspecified atom stereocenters. The van der Waals surface area contributed by atoms with Crippen molar-refractivity contribution in [1.29, 1.82) is 0 Å². The standard InChI is InChI=1S/C29H28N4O/c1-3-21(30)18-33(2)29-24-12-6-7-14-26(24)31-28(32-29)25-17-20(15-16-27(25)34)23-13-8-10-19-9-4-5-11-22(19)23/h4-17,21,34H,3,18,30H2,1-2H3/t21-/m1/s1. The van der Waals surface area contributed by atoms with Gasteiger partial charge in [-0.25, -0.2) is 9.97 Å². The molecule has 1 heterocycles. The Balaban J connectivity index is 1.67. The summed E-state index contributed by atoms with van der Waals surface area (Å²) in [5, 5.41) is 14.1. The Morgan fingerprint density at radius 1 is 0.853 bits per heavy atom. The number of phenolic OH excluding ortho intramolecular Hbond substituents is 1. The first-order valence-corrected chi connectivity index (χ1v) is 11.6. The highest BCUT2D eigenvalue weighted by atomic mass is 16.3. The molecule has 0 aliphatic rings. The maximum Gasteiger partial charge on any atom is 0.165 e. The summed E-state index contributed by atoms with van der Waals surface area (Å²) in [6.07, 6.45) is 0.883. The van der Waals surface area contributed by atoms with E-state index in [1.54, 1.807) is 6.07 Å². The SMILES string of the molecule is CC[C@@H](N)CN(C)c1nc(-c2cc(-c3cccc4ccccc34)ccc2O)nc2ccccc12. The summed E-state index contributed by atoms with van der Waals surface area (Å²) in [7, 11) is 2.00. The van der Waals surface area contributed by atoms with Gasteiger partial charge in [0.25, 0.3) is 0 Å². The summed E-state index contributed by atoms with van der Waals surface area (Å²) in [5.41, 5.74) is 9.77. The molecule has 1 aromatic heterocycles. The third-order valence-corrected chi connectivity index (χ3v) is 6.32. The van der Waals surface area contributed by atoms with E-state index in [1.807, 2.05) is 55.6 Å². The van der Waals surface area contributed by atoms with E-state index in [9.17, 15) is 5.11 Å². The smallest absolute Gasteiger partial charge is 0.165 e. The predicted octanol–water partition coefficient (Wildman–Crippen LogP) is 6.00. The average Bonchev–Trinajstić information content (AvgIpc) is 2.88. The van der Waals surface area contributed by atoms with Crippen molar-refractivity contribution >= 4 is 27.5 Å². The molecule has 0 aliphatic carbocycles. The van der Waals surface area contributed by atoms with Crippen molar-refractivity contribution in [3.63, 3.8) is 0 Å². The molecule has 5 rings (SSSR count). The highest BCUT2D eigenvalue weighted by Gasteiger charge is 2.17. The first-order valence-electron chi connectivity index (χ1n) is 11.6. The molecule has 0 bridgehead atoms. The van der Waals surface area contributed by atoms with Crippen LogP contribution in [0.2, 0.25) is 0 Å². The zero-order valence-electron chi connectivity index (χ0n) is 19.4. The van der Waals surface area contributed by atoms with Gasteiger partial charge in [-0.15, -0.1) is 0 Å². The van der Waals surface area contributed by atoms with Gasteiger partial charge in [-0.3, -0.25) is 0 Å². The monoisotopic (exact) mass is 448 g/mol. The lowest BCUT2D eigenvalue weighted by atomic mass is 9.96. The number of benzene rings is 4.